The molecule has 2 amide bonds. The number of likely N-dealkylation sites (tertiary alicyclic amines) is 1. The van der Waals surface area contributed by atoms with Crippen molar-refractivity contribution in [3.8, 4) is 11.5 Å². The van der Waals surface area contributed by atoms with Gasteiger partial charge in [0.1, 0.15) is 17.0 Å². The number of amides is 2. The number of hydrogen-bond donors (Lipinski definition) is 2. The van der Waals surface area contributed by atoms with Crippen molar-refractivity contribution in [3.63, 3.8) is 0 Å². The van der Waals surface area contributed by atoms with Crippen LogP contribution in [0, 0.1) is 6.92 Å². The third-order valence-corrected chi connectivity index (χ3v) is 6.41. The zero-order valence-corrected chi connectivity index (χ0v) is 22.4. The first kappa shape index (κ1) is 28.9. The number of carbonyl (C=O) groups is 2. The molecule has 40 heavy (non-hydrogen) atoms. The third kappa shape index (κ3) is 7.08. The van der Waals surface area contributed by atoms with Crippen LogP contribution in [0.2, 0.25) is 0 Å². The molecule has 1 unspecified atom stereocenters. The zero-order chi connectivity index (χ0) is 29.0. The normalized spacial score (nSPS) is 16.5. The van der Waals surface area contributed by atoms with Crippen LogP contribution < -0.4 is 10.1 Å². The Balaban J connectivity index is 1.75. The summed E-state index contributed by atoms with van der Waals surface area (Å²) in [5.41, 5.74) is 1.04. The summed E-state index contributed by atoms with van der Waals surface area (Å²) in [7, 11) is 3.78. The minimum atomic E-state index is -4.97. The van der Waals surface area contributed by atoms with Crippen molar-refractivity contribution in [2.24, 2.45) is 0 Å². The summed E-state index contributed by atoms with van der Waals surface area (Å²) in [5.74, 6) is -1.81. The second kappa shape index (κ2) is 11.9. The molecule has 0 spiro atoms. The lowest BCUT2D eigenvalue weighted by atomic mass is 10.1. The van der Waals surface area contributed by atoms with Crippen LogP contribution in [-0.2, 0) is 4.79 Å². The van der Waals surface area contributed by atoms with Gasteiger partial charge >= 0.3 is 6.36 Å². The van der Waals surface area contributed by atoms with E-state index in [1.807, 2.05) is 19.0 Å². The summed E-state index contributed by atoms with van der Waals surface area (Å²) in [5, 5.41) is 13.6. The van der Waals surface area contributed by atoms with Crippen molar-refractivity contribution in [2.75, 3.05) is 39.0 Å². The van der Waals surface area contributed by atoms with Crippen molar-refractivity contribution < 1.29 is 32.6 Å². The van der Waals surface area contributed by atoms with Gasteiger partial charge in [-0.05, 0) is 52.4 Å². The second-order valence-corrected chi connectivity index (χ2v) is 9.90. The lowest BCUT2D eigenvalue weighted by Gasteiger charge is -2.26. The molecule has 0 radical (unpaired) electrons. The summed E-state index contributed by atoms with van der Waals surface area (Å²) in [6, 6.07) is 4.58. The van der Waals surface area contributed by atoms with Crippen molar-refractivity contribution in [3.05, 3.63) is 53.9 Å². The summed E-state index contributed by atoms with van der Waals surface area (Å²) < 4.78 is 44.3. The van der Waals surface area contributed by atoms with E-state index in [4.69, 9.17) is 0 Å². The van der Waals surface area contributed by atoms with E-state index >= 15 is 0 Å². The van der Waals surface area contributed by atoms with E-state index in [0.717, 1.165) is 25.0 Å². The van der Waals surface area contributed by atoms with Crippen molar-refractivity contribution in [1.29, 1.82) is 0 Å². The number of hydrogen-bond acceptors (Lipinski definition) is 7. The number of fused-ring (bicyclic) bond motifs is 1. The number of benzene rings is 1. The van der Waals surface area contributed by atoms with Crippen LogP contribution in [0.5, 0.6) is 11.5 Å². The maximum atomic E-state index is 13.1. The maximum absolute atomic E-state index is 13.1. The summed E-state index contributed by atoms with van der Waals surface area (Å²) in [6.45, 7) is 3.09. The van der Waals surface area contributed by atoms with Gasteiger partial charge in [0.05, 0.1) is 11.6 Å². The Labute approximate surface area is 229 Å². The summed E-state index contributed by atoms with van der Waals surface area (Å²) in [4.78, 5) is 38.2. The number of halogens is 3. The fraction of sp³-hybridized carbons (Fsp3) is 0.407. The van der Waals surface area contributed by atoms with Gasteiger partial charge in [-0.25, -0.2) is 4.98 Å². The van der Waals surface area contributed by atoms with E-state index in [-0.39, 0.29) is 29.4 Å². The summed E-state index contributed by atoms with van der Waals surface area (Å²) >= 11 is 0. The van der Waals surface area contributed by atoms with Crippen LogP contribution in [0.4, 0.5) is 19.1 Å². The minimum Gasteiger partial charge on any atom is -0.506 e. The number of aromatic nitrogens is 3. The van der Waals surface area contributed by atoms with Gasteiger partial charge in [-0.3, -0.25) is 19.9 Å². The number of phenolic OH excluding ortho intramolecular Hbond substituents is 1. The number of alkyl halides is 3. The highest BCUT2D eigenvalue weighted by Gasteiger charge is 2.33. The number of carbonyl (C=O) groups excluding carboxylic acids is 2. The van der Waals surface area contributed by atoms with E-state index in [9.17, 15) is 27.9 Å². The third-order valence-electron chi connectivity index (χ3n) is 6.41. The van der Waals surface area contributed by atoms with E-state index in [2.05, 4.69) is 20.0 Å². The second-order valence-electron chi connectivity index (χ2n) is 9.90. The number of aryl methyl sites for hydroxylation is 1. The molecule has 0 bridgehead atoms. The molecule has 214 valence electrons. The van der Waals surface area contributed by atoms with Gasteiger partial charge in [0, 0.05) is 55.3 Å². The molecule has 0 aliphatic carbocycles. The van der Waals surface area contributed by atoms with Crippen LogP contribution in [-0.4, -0.2) is 81.3 Å². The highest BCUT2D eigenvalue weighted by Crippen LogP contribution is 2.38. The molecule has 2 N–H and O–H groups in total. The number of imidazole rings is 1. The maximum Gasteiger partial charge on any atom is 0.573 e. The molecular formula is C27H31F3N6O4. The molecule has 0 saturated carbocycles. The Hall–Kier alpha value is -4.13. The van der Waals surface area contributed by atoms with Gasteiger partial charge in [-0.15, -0.1) is 13.2 Å². The first-order valence-corrected chi connectivity index (χ1v) is 12.8. The Morgan fingerprint density at radius 2 is 2.02 bits per heavy atom. The molecule has 1 saturated heterocycles. The van der Waals surface area contributed by atoms with Crippen molar-refractivity contribution in [2.45, 2.75) is 38.6 Å². The predicted octanol–water partition coefficient (Wildman–Crippen LogP) is 4.27. The quantitative estimate of drug-likeness (QED) is 0.415. The highest BCUT2D eigenvalue weighted by molar-refractivity contribution is 6.04. The predicted molar refractivity (Wildman–Crippen MR) is 142 cm³/mol. The number of pyridine rings is 1. The number of nitrogens with one attached hydrogen (secondary N) is 1. The van der Waals surface area contributed by atoms with Gasteiger partial charge in [-0.1, -0.05) is 6.08 Å². The monoisotopic (exact) mass is 560 g/mol. The molecule has 1 aromatic carbocycles. The molecule has 1 fully saturated rings. The highest BCUT2D eigenvalue weighted by atomic mass is 19.4. The molecular weight excluding hydrogens is 529 g/mol. The fourth-order valence-electron chi connectivity index (χ4n) is 4.68. The van der Waals surface area contributed by atoms with Crippen molar-refractivity contribution >= 4 is 28.8 Å². The number of nitrogens with zero attached hydrogens (tertiary/aromatic N) is 5. The van der Waals surface area contributed by atoms with E-state index in [1.54, 1.807) is 28.5 Å². The number of rotatable bonds is 7. The Morgan fingerprint density at radius 3 is 2.73 bits per heavy atom. The van der Waals surface area contributed by atoms with E-state index in [1.165, 1.54) is 18.3 Å². The van der Waals surface area contributed by atoms with Gasteiger partial charge < -0.3 is 24.2 Å². The van der Waals surface area contributed by atoms with E-state index in [0.29, 0.717) is 30.8 Å². The number of likely N-dealkylation sites (N-methyl/N-ethyl adjacent to an activating group) is 1. The van der Waals surface area contributed by atoms with Crippen LogP contribution in [0.3, 0.4) is 0 Å². The van der Waals surface area contributed by atoms with Crippen molar-refractivity contribution in [1.82, 2.24) is 24.3 Å². The molecule has 1 aliphatic rings. The molecule has 2 aromatic heterocycles. The first-order valence-electron chi connectivity index (χ1n) is 12.8. The molecule has 3 aromatic rings. The largest absolute Gasteiger partial charge is 0.573 e. The molecule has 13 heteroatoms. The summed E-state index contributed by atoms with van der Waals surface area (Å²) in [6.07, 6.45) is 1.85. The van der Waals surface area contributed by atoms with Crippen LogP contribution in [0.1, 0.15) is 41.4 Å². The Morgan fingerprint density at radius 1 is 1.25 bits per heavy atom. The zero-order valence-electron chi connectivity index (χ0n) is 22.4. The first-order chi connectivity index (χ1) is 18.9. The SMILES string of the molecule is Cc1cc(C(=O)Nc2nc3cc(OC(F)(F)F)cc(O)c3n2C2CCCCN(C(=O)/C=C/CN(C)C)C2)ccn1. The number of ether oxygens (including phenoxy) is 1. The number of phenols is 1. The lowest BCUT2D eigenvalue weighted by Crippen LogP contribution is -2.34. The van der Waals surface area contributed by atoms with Gasteiger partial charge in [0.15, 0.2) is 0 Å². The Kier molecular flexibility index (Phi) is 8.62. The van der Waals surface area contributed by atoms with Gasteiger partial charge in [0.25, 0.3) is 5.91 Å². The molecule has 1 aliphatic heterocycles. The van der Waals surface area contributed by atoms with E-state index < -0.39 is 29.8 Å². The standard InChI is InChI=1S/C27H31F3N6O4/c1-17-13-18(9-10-31-17)25(39)33-26-32-21-14-20(40-27(28,29)30)15-22(37)24(21)36(26)19-7-4-5-12-35(16-19)23(38)8-6-11-34(2)3/h6,8-10,13-15,19,37H,4-5,7,11-12,16H2,1-3H3,(H,32,33,39)/b8-6+. The average Bonchev–Trinajstić information content (AvgIpc) is 3.03. The lowest BCUT2D eigenvalue weighted by molar-refractivity contribution is -0.274. The smallest absolute Gasteiger partial charge is 0.506 e. The molecule has 1 atom stereocenters. The topological polar surface area (TPSA) is 113 Å². The van der Waals surface area contributed by atoms with Crippen LogP contribution >= 0.6 is 0 Å². The Bertz CT molecular complexity index is 1420. The molecule has 3 heterocycles. The van der Waals surface area contributed by atoms with Gasteiger partial charge in [0.2, 0.25) is 11.9 Å². The minimum absolute atomic E-state index is 0.00605. The average molecular weight is 561 g/mol. The van der Waals surface area contributed by atoms with Gasteiger partial charge in [-0.2, -0.15) is 0 Å². The molecule has 4 rings (SSSR count). The fourth-order valence-corrected chi connectivity index (χ4v) is 4.68. The molecule has 10 nitrogen and oxygen atoms in total. The van der Waals surface area contributed by atoms with Crippen LogP contribution in [0.15, 0.2) is 42.6 Å². The number of anilines is 1. The van der Waals surface area contributed by atoms with Crippen LogP contribution in [0.25, 0.3) is 11.0 Å². The number of aromatic hydroxyl groups is 1.